The molecular weight excluding hydrogens is 334 g/mol. The number of H-pyrrole nitrogens is 1. The van der Waals surface area contributed by atoms with Gasteiger partial charge in [0, 0.05) is 6.07 Å². The molecule has 0 aliphatic heterocycles. The summed E-state index contributed by atoms with van der Waals surface area (Å²) in [5.41, 5.74) is -0.132. The number of nitro benzene ring substituents is 1. The molecule has 0 aliphatic carbocycles. The first-order chi connectivity index (χ1) is 11.5. The van der Waals surface area contributed by atoms with Crippen LogP contribution in [0.25, 0.3) is 11.3 Å². The van der Waals surface area contributed by atoms with E-state index in [9.17, 15) is 14.9 Å². The quantitative estimate of drug-likeness (QED) is 0.318. The number of benzene rings is 1. The lowest BCUT2D eigenvalue weighted by molar-refractivity contribution is -0.384. The molecule has 0 aliphatic rings. The molecule has 122 valence electrons. The molecule has 10 heteroatoms. The van der Waals surface area contributed by atoms with Crippen molar-refractivity contribution in [1.82, 2.24) is 14.9 Å². The van der Waals surface area contributed by atoms with Crippen molar-refractivity contribution >= 4 is 17.9 Å². The van der Waals surface area contributed by atoms with Crippen LogP contribution < -0.4 is 11.4 Å². The fourth-order valence-electron chi connectivity index (χ4n) is 2.19. The summed E-state index contributed by atoms with van der Waals surface area (Å²) >= 11 is 4.80. The average molecular weight is 345 g/mol. The molecule has 0 saturated carbocycles. The number of furan rings is 1. The third-order valence-corrected chi connectivity index (χ3v) is 3.63. The number of para-hydroxylation sites is 1. The van der Waals surface area contributed by atoms with E-state index in [-0.39, 0.29) is 22.6 Å². The van der Waals surface area contributed by atoms with Gasteiger partial charge in [-0.1, -0.05) is 12.1 Å². The third-order valence-electron chi connectivity index (χ3n) is 3.34. The molecule has 24 heavy (non-hydrogen) atoms. The summed E-state index contributed by atoms with van der Waals surface area (Å²) < 4.78 is 6.40. The van der Waals surface area contributed by atoms with Gasteiger partial charge in [-0.2, -0.15) is 9.77 Å². The van der Waals surface area contributed by atoms with Gasteiger partial charge in [-0.05, 0) is 30.4 Å². The minimum Gasteiger partial charge on any atom is -0.460 e. The smallest absolute Gasteiger partial charge is 0.295 e. The van der Waals surface area contributed by atoms with Crippen LogP contribution in [0.5, 0.6) is 0 Å². The van der Waals surface area contributed by atoms with E-state index in [4.69, 9.17) is 22.5 Å². The number of nitrogens with one attached hydrogen (secondary N) is 1. The largest absolute Gasteiger partial charge is 0.460 e. The Balaban J connectivity index is 1.96. The number of nitrogens with zero attached hydrogens (tertiary/aromatic N) is 3. The zero-order valence-corrected chi connectivity index (χ0v) is 12.9. The Kier molecular flexibility index (Phi) is 3.96. The van der Waals surface area contributed by atoms with Crippen molar-refractivity contribution in [2.24, 2.45) is 0 Å². The lowest BCUT2D eigenvalue weighted by Crippen LogP contribution is -2.32. The first-order valence-corrected chi connectivity index (χ1v) is 7.16. The summed E-state index contributed by atoms with van der Waals surface area (Å²) in [5, 5.41) is 17.4. The van der Waals surface area contributed by atoms with Crippen molar-refractivity contribution < 1.29 is 9.34 Å². The van der Waals surface area contributed by atoms with Crippen molar-refractivity contribution in [3.63, 3.8) is 0 Å². The molecule has 2 heterocycles. The topological polar surface area (TPSA) is 133 Å². The molecule has 1 aromatic carbocycles. The maximum atomic E-state index is 12.0. The fourth-order valence-corrected chi connectivity index (χ4v) is 2.32. The van der Waals surface area contributed by atoms with E-state index in [2.05, 4.69) is 10.2 Å². The summed E-state index contributed by atoms with van der Waals surface area (Å²) in [6.07, 6.45) is 0.0722. The second-order valence-corrected chi connectivity index (χ2v) is 5.25. The van der Waals surface area contributed by atoms with Gasteiger partial charge in [-0.3, -0.25) is 20.0 Å². The molecule has 0 unspecified atom stereocenters. The predicted octanol–water partition coefficient (Wildman–Crippen LogP) is 1.77. The zero-order valence-electron chi connectivity index (χ0n) is 12.1. The van der Waals surface area contributed by atoms with Crippen LogP contribution in [-0.2, 0) is 6.42 Å². The first kappa shape index (κ1) is 15.6. The number of nitrogen functional groups attached to an aromatic ring is 1. The van der Waals surface area contributed by atoms with Gasteiger partial charge in [0.1, 0.15) is 17.2 Å². The van der Waals surface area contributed by atoms with Crippen molar-refractivity contribution in [3.8, 4) is 11.3 Å². The highest BCUT2D eigenvalue weighted by molar-refractivity contribution is 7.71. The number of nitrogens with two attached hydrogens (primary N) is 1. The maximum Gasteiger partial charge on any atom is 0.295 e. The Hall–Kier alpha value is -3.27. The highest BCUT2D eigenvalue weighted by Gasteiger charge is 2.18. The van der Waals surface area contributed by atoms with Crippen LogP contribution in [-0.4, -0.2) is 19.8 Å². The van der Waals surface area contributed by atoms with Gasteiger partial charge < -0.3 is 10.3 Å². The zero-order chi connectivity index (χ0) is 17.3. The average Bonchev–Trinajstić information content (AvgIpc) is 3.04. The highest BCUT2D eigenvalue weighted by Crippen LogP contribution is 2.31. The van der Waals surface area contributed by atoms with E-state index in [1.54, 1.807) is 30.3 Å². The summed E-state index contributed by atoms with van der Waals surface area (Å²) in [4.78, 5) is 22.6. The minimum atomic E-state index is -0.539. The normalized spacial score (nSPS) is 10.7. The maximum absolute atomic E-state index is 12.0. The minimum absolute atomic E-state index is 0.00351. The standard InChI is InChI=1S/C14H11N5O4S/c15-18-13(20)10(16-17-14(18)24)7-8-5-6-12(23-8)9-3-1-2-4-11(9)19(21)22/h1-6H,7,15H2,(H,17,24). The Morgan fingerprint density at radius 3 is 2.83 bits per heavy atom. The van der Waals surface area contributed by atoms with Gasteiger partial charge in [0.15, 0.2) is 0 Å². The second-order valence-electron chi connectivity index (χ2n) is 4.87. The van der Waals surface area contributed by atoms with Crippen molar-refractivity contribution in [2.45, 2.75) is 6.42 Å². The summed E-state index contributed by atoms with van der Waals surface area (Å²) in [7, 11) is 0. The van der Waals surface area contributed by atoms with Gasteiger partial charge in [0.25, 0.3) is 11.2 Å². The Morgan fingerprint density at radius 2 is 2.08 bits per heavy atom. The summed E-state index contributed by atoms with van der Waals surface area (Å²) in [5.74, 6) is 6.25. The third kappa shape index (κ3) is 2.82. The molecule has 0 amide bonds. The van der Waals surface area contributed by atoms with Gasteiger partial charge in [-0.15, -0.1) is 0 Å². The summed E-state index contributed by atoms with van der Waals surface area (Å²) in [6, 6.07) is 9.45. The number of nitro groups is 1. The Bertz CT molecular complexity index is 1040. The van der Waals surface area contributed by atoms with Crippen LogP contribution in [0.3, 0.4) is 0 Å². The number of hydrogen-bond donors (Lipinski definition) is 2. The number of rotatable bonds is 4. The molecule has 9 nitrogen and oxygen atoms in total. The SMILES string of the molecule is Nn1c(=S)[nH]nc(Cc2ccc(-c3ccccc3[N+](=O)[O-])o2)c1=O. The van der Waals surface area contributed by atoms with E-state index in [1.807, 2.05) is 0 Å². The van der Waals surface area contributed by atoms with E-state index >= 15 is 0 Å². The van der Waals surface area contributed by atoms with Gasteiger partial charge >= 0.3 is 0 Å². The van der Waals surface area contributed by atoms with Crippen molar-refractivity contribution in [3.05, 3.63) is 73.1 Å². The molecule has 3 rings (SSSR count). The van der Waals surface area contributed by atoms with Crippen molar-refractivity contribution in [1.29, 1.82) is 0 Å². The van der Waals surface area contributed by atoms with E-state index in [1.165, 1.54) is 6.07 Å². The van der Waals surface area contributed by atoms with Gasteiger partial charge in [0.05, 0.1) is 16.9 Å². The van der Waals surface area contributed by atoms with Crippen LogP contribution in [0, 0.1) is 14.9 Å². The van der Waals surface area contributed by atoms with Crippen LogP contribution in [0.2, 0.25) is 0 Å². The molecular formula is C14H11N5O4S. The second kappa shape index (κ2) is 6.08. The molecule has 0 bridgehead atoms. The predicted molar refractivity (Wildman–Crippen MR) is 87.4 cm³/mol. The monoisotopic (exact) mass is 345 g/mol. The van der Waals surface area contributed by atoms with Crippen LogP contribution in [0.1, 0.15) is 11.5 Å². The first-order valence-electron chi connectivity index (χ1n) is 6.75. The van der Waals surface area contributed by atoms with E-state index in [0.717, 1.165) is 4.68 Å². The molecule has 3 aromatic rings. The van der Waals surface area contributed by atoms with Crippen molar-refractivity contribution in [2.75, 3.05) is 5.84 Å². The lowest BCUT2D eigenvalue weighted by atomic mass is 10.1. The Morgan fingerprint density at radius 1 is 1.33 bits per heavy atom. The number of aromatic amines is 1. The Labute approximate surface area is 139 Å². The highest BCUT2D eigenvalue weighted by atomic mass is 32.1. The van der Waals surface area contributed by atoms with Crippen LogP contribution in [0.15, 0.2) is 45.6 Å². The summed E-state index contributed by atoms with van der Waals surface area (Å²) in [6.45, 7) is 0. The number of hydrogen-bond acceptors (Lipinski definition) is 7. The molecule has 0 radical (unpaired) electrons. The lowest BCUT2D eigenvalue weighted by Gasteiger charge is -2.01. The molecule has 0 atom stereocenters. The van der Waals surface area contributed by atoms with E-state index < -0.39 is 10.5 Å². The molecule has 3 N–H and O–H groups in total. The van der Waals surface area contributed by atoms with Gasteiger partial charge in [0.2, 0.25) is 4.77 Å². The van der Waals surface area contributed by atoms with Crippen LogP contribution in [0.4, 0.5) is 5.69 Å². The van der Waals surface area contributed by atoms with Gasteiger partial charge in [-0.25, -0.2) is 0 Å². The molecule has 0 saturated heterocycles. The molecule has 2 aromatic heterocycles. The number of aromatic nitrogens is 3. The molecule has 0 spiro atoms. The van der Waals surface area contributed by atoms with Crippen LogP contribution >= 0.6 is 12.2 Å². The molecule has 0 fully saturated rings. The van der Waals surface area contributed by atoms with E-state index in [0.29, 0.717) is 17.1 Å². The fraction of sp³-hybridized carbons (Fsp3) is 0.0714.